The summed E-state index contributed by atoms with van der Waals surface area (Å²) in [7, 11) is 0. The highest BCUT2D eigenvalue weighted by molar-refractivity contribution is 6.00. The number of rotatable bonds is 7. The molecule has 4 N–H and O–H groups in total. The van der Waals surface area contributed by atoms with Crippen molar-refractivity contribution in [2.45, 2.75) is 40.7 Å². The van der Waals surface area contributed by atoms with Crippen LogP contribution in [0.15, 0.2) is 24.3 Å². The summed E-state index contributed by atoms with van der Waals surface area (Å²) < 4.78 is 5.08. The molecule has 0 aliphatic heterocycles. The SMILES string of the molecule is Cc1ccc(-c2c(CN)c(CC(C)C)nc(C)c2C(=O)OCC(N)=O)cc1. The quantitative estimate of drug-likeness (QED) is 0.729. The van der Waals surface area contributed by atoms with Gasteiger partial charge in [-0.15, -0.1) is 0 Å². The average molecular weight is 369 g/mol. The van der Waals surface area contributed by atoms with Gasteiger partial charge in [-0.3, -0.25) is 9.78 Å². The number of nitrogens with two attached hydrogens (primary N) is 2. The van der Waals surface area contributed by atoms with Crippen molar-refractivity contribution in [2.24, 2.45) is 17.4 Å². The Kier molecular flexibility index (Phi) is 6.69. The molecule has 0 atom stereocenters. The highest BCUT2D eigenvalue weighted by Crippen LogP contribution is 2.33. The zero-order valence-corrected chi connectivity index (χ0v) is 16.3. The first-order valence-electron chi connectivity index (χ1n) is 8.99. The van der Waals surface area contributed by atoms with E-state index in [2.05, 4.69) is 18.8 Å². The third-order valence-electron chi connectivity index (χ3n) is 4.26. The van der Waals surface area contributed by atoms with E-state index in [1.165, 1.54) is 0 Å². The number of aryl methyl sites for hydroxylation is 2. The van der Waals surface area contributed by atoms with Gasteiger partial charge in [0.05, 0.1) is 11.3 Å². The summed E-state index contributed by atoms with van der Waals surface area (Å²) in [5, 5.41) is 0. The third kappa shape index (κ3) is 4.92. The first-order chi connectivity index (χ1) is 12.7. The number of carbonyl (C=O) groups is 2. The molecule has 144 valence electrons. The van der Waals surface area contributed by atoms with Crippen molar-refractivity contribution in [3.63, 3.8) is 0 Å². The summed E-state index contributed by atoms with van der Waals surface area (Å²) in [6, 6.07) is 7.86. The minimum atomic E-state index is -0.707. The minimum absolute atomic E-state index is 0.245. The van der Waals surface area contributed by atoms with E-state index in [9.17, 15) is 9.59 Å². The van der Waals surface area contributed by atoms with Crippen LogP contribution >= 0.6 is 0 Å². The fourth-order valence-electron chi connectivity index (χ4n) is 3.07. The minimum Gasteiger partial charge on any atom is -0.452 e. The van der Waals surface area contributed by atoms with Crippen molar-refractivity contribution >= 4 is 11.9 Å². The number of aromatic nitrogens is 1. The van der Waals surface area contributed by atoms with E-state index >= 15 is 0 Å². The Hall–Kier alpha value is -2.73. The van der Waals surface area contributed by atoms with E-state index in [-0.39, 0.29) is 6.54 Å². The molecule has 2 rings (SSSR count). The van der Waals surface area contributed by atoms with Crippen LogP contribution in [0.5, 0.6) is 0 Å². The van der Waals surface area contributed by atoms with Gasteiger partial charge in [0.15, 0.2) is 6.61 Å². The first kappa shape index (κ1) is 20.6. The molecular weight excluding hydrogens is 342 g/mol. The number of ether oxygens (including phenoxy) is 1. The largest absolute Gasteiger partial charge is 0.452 e. The van der Waals surface area contributed by atoms with Gasteiger partial charge in [-0.2, -0.15) is 0 Å². The molecule has 0 unspecified atom stereocenters. The van der Waals surface area contributed by atoms with Gasteiger partial charge in [0, 0.05) is 17.8 Å². The molecule has 1 aromatic carbocycles. The molecule has 0 aliphatic carbocycles. The zero-order valence-electron chi connectivity index (χ0n) is 16.3. The molecule has 0 radical (unpaired) electrons. The van der Waals surface area contributed by atoms with E-state index < -0.39 is 18.5 Å². The normalized spacial score (nSPS) is 10.9. The molecule has 2 aromatic rings. The molecule has 6 nitrogen and oxygen atoms in total. The zero-order chi connectivity index (χ0) is 20.1. The monoisotopic (exact) mass is 369 g/mol. The van der Waals surface area contributed by atoms with Crippen LogP contribution in [0.3, 0.4) is 0 Å². The van der Waals surface area contributed by atoms with Gasteiger partial charge in [0.2, 0.25) is 0 Å². The maximum atomic E-state index is 12.7. The van der Waals surface area contributed by atoms with Crippen LogP contribution in [0.4, 0.5) is 0 Å². The number of benzene rings is 1. The second kappa shape index (κ2) is 8.77. The Balaban J connectivity index is 2.71. The molecular formula is C21H27N3O3. The van der Waals surface area contributed by atoms with Crippen LogP contribution in [0.1, 0.15) is 46.7 Å². The summed E-state index contributed by atoms with van der Waals surface area (Å²) in [4.78, 5) is 28.4. The first-order valence-corrected chi connectivity index (χ1v) is 8.99. The summed E-state index contributed by atoms with van der Waals surface area (Å²) >= 11 is 0. The highest BCUT2D eigenvalue weighted by Gasteiger charge is 2.24. The molecule has 27 heavy (non-hydrogen) atoms. The Labute approximate surface area is 159 Å². The summed E-state index contributed by atoms with van der Waals surface area (Å²) in [5.41, 5.74) is 16.4. The molecule has 0 spiro atoms. The molecule has 6 heteroatoms. The van der Waals surface area contributed by atoms with Gasteiger partial charge in [-0.05, 0) is 37.3 Å². The second-order valence-corrected chi connectivity index (χ2v) is 7.08. The van der Waals surface area contributed by atoms with Crippen LogP contribution in [0, 0.1) is 19.8 Å². The smallest absolute Gasteiger partial charge is 0.341 e. The maximum Gasteiger partial charge on any atom is 0.341 e. The van der Waals surface area contributed by atoms with Crippen LogP contribution in [-0.4, -0.2) is 23.5 Å². The van der Waals surface area contributed by atoms with Crippen molar-refractivity contribution < 1.29 is 14.3 Å². The van der Waals surface area contributed by atoms with E-state index in [0.29, 0.717) is 17.2 Å². The molecule has 0 saturated heterocycles. The van der Waals surface area contributed by atoms with E-state index in [1.54, 1.807) is 6.92 Å². The predicted octanol–water partition coefficient (Wildman–Crippen LogP) is 2.66. The number of primary amides is 1. The van der Waals surface area contributed by atoms with Gasteiger partial charge >= 0.3 is 5.97 Å². The number of hydrogen-bond donors (Lipinski definition) is 2. The summed E-state index contributed by atoms with van der Waals surface area (Å²) in [5.74, 6) is -0.942. The number of carbonyl (C=O) groups excluding carboxylic acids is 2. The fraction of sp³-hybridized carbons (Fsp3) is 0.381. The van der Waals surface area contributed by atoms with Gasteiger partial charge in [-0.1, -0.05) is 43.7 Å². The lowest BCUT2D eigenvalue weighted by Gasteiger charge is -2.20. The fourth-order valence-corrected chi connectivity index (χ4v) is 3.07. The topological polar surface area (TPSA) is 108 Å². The van der Waals surface area contributed by atoms with E-state index in [1.807, 2.05) is 31.2 Å². The molecule has 1 heterocycles. The summed E-state index contributed by atoms with van der Waals surface area (Å²) in [6.07, 6.45) is 0.753. The Bertz CT molecular complexity index is 843. The number of amides is 1. The number of hydrogen-bond acceptors (Lipinski definition) is 5. The number of pyridine rings is 1. The van der Waals surface area contributed by atoms with Crippen molar-refractivity contribution in [1.82, 2.24) is 4.98 Å². The van der Waals surface area contributed by atoms with E-state index in [0.717, 1.165) is 34.4 Å². The van der Waals surface area contributed by atoms with Crippen molar-refractivity contribution in [2.75, 3.05) is 6.61 Å². The maximum absolute atomic E-state index is 12.7. The summed E-state index contributed by atoms with van der Waals surface area (Å²) in [6.45, 7) is 7.75. The lowest BCUT2D eigenvalue weighted by molar-refractivity contribution is -0.121. The molecule has 0 fully saturated rings. The lowest BCUT2D eigenvalue weighted by Crippen LogP contribution is -2.23. The molecule has 1 amide bonds. The molecule has 0 bridgehead atoms. The molecule has 0 aliphatic rings. The molecule has 1 aromatic heterocycles. The van der Waals surface area contributed by atoms with Crippen molar-refractivity contribution in [3.8, 4) is 11.1 Å². The van der Waals surface area contributed by atoms with Gasteiger partial charge < -0.3 is 16.2 Å². The van der Waals surface area contributed by atoms with Crippen LogP contribution in [-0.2, 0) is 22.5 Å². The van der Waals surface area contributed by atoms with Crippen LogP contribution in [0.25, 0.3) is 11.1 Å². The Morgan fingerprint density at radius 2 is 1.78 bits per heavy atom. The standard InChI is InChI=1S/C21H27N3O3/c1-12(2)9-17-16(10-22)20(15-7-5-13(3)6-8-15)19(14(4)24-17)21(26)27-11-18(23)25/h5-8,12H,9-11,22H2,1-4H3,(H2,23,25). The van der Waals surface area contributed by atoms with Gasteiger partial charge in [0.1, 0.15) is 0 Å². The third-order valence-corrected chi connectivity index (χ3v) is 4.26. The highest BCUT2D eigenvalue weighted by atomic mass is 16.5. The van der Waals surface area contributed by atoms with Crippen molar-refractivity contribution in [3.05, 3.63) is 52.3 Å². The lowest BCUT2D eigenvalue weighted by atomic mass is 9.90. The van der Waals surface area contributed by atoms with Crippen molar-refractivity contribution in [1.29, 1.82) is 0 Å². The second-order valence-electron chi connectivity index (χ2n) is 7.08. The van der Waals surface area contributed by atoms with Crippen LogP contribution < -0.4 is 11.5 Å². The molecule has 0 saturated carbocycles. The Morgan fingerprint density at radius 3 is 2.30 bits per heavy atom. The average Bonchev–Trinajstić information content (AvgIpc) is 2.59. The van der Waals surface area contributed by atoms with Crippen LogP contribution in [0.2, 0.25) is 0 Å². The predicted molar refractivity (Wildman–Crippen MR) is 105 cm³/mol. The Morgan fingerprint density at radius 1 is 1.15 bits per heavy atom. The van der Waals surface area contributed by atoms with Gasteiger partial charge in [0.25, 0.3) is 5.91 Å². The van der Waals surface area contributed by atoms with Gasteiger partial charge in [-0.25, -0.2) is 4.79 Å². The number of esters is 1. The number of nitrogens with zero attached hydrogens (tertiary/aromatic N) is 1. The van der Waals surface area contributed by atoms with E-state index in [4.69, 9.17) is 16.2 Å².